The van der Waals surface area contributed by atoms with E-state index in [1.165, 1.54) is 0 Å². The van der Waals surface area contributed by atoms with Gasteiger partial charge in [0.15, 0.2) is 6.29 Å². The van der Waals surface area contributed by atoms with E-state index in [9.17, 15) is 25.5 Å². The topological polar surface area (TPSA) is 120 Å². The van der Waals surface area contributed by atoms with Crippen molar-refractivity contribution in [3.8, 4) is 0 Å². The van der Waals surface area contributed by atoms with Crippen LogP contribution in [-0.4, -0.2) is 75.1 Å². The number of hydrogen-bond donors (Lipinski definition) is 5. The summed E-state index contributed by atoms with van der Waals surface area (Å²) in [6, 6.07) is 9.36. The second-order valence-corrected chi connectivity index (χ2v) is 5.80. The van der Waals surface area contributed by atoms with Crippen LogP contribution in [0, 0.1) is 0 Å². The van der Waals surface area contributed by atoms with Gasteiger partial charge in [0.05, 0.1) is 18.8 Å². The molecule has 0 spiro atoms. The Kier molecular flexibility index (Phi) is 6.49. The molecule has 1 aliphatic rings. The second kappa shape index (κ2) is 8.16. The molecule has 0 saturated carbocycles. The lowest BCUT2D eigenvalue weighted by Gasteiger charge is -2.41. The van der Waals surface area contributed by atoms with Crippen LogP contribution in [0.2, 0.25) is 0 Å². The fourth-order valence-electron chi connectivity index (χ4n) is 2.53. The van der Waals surface area contributed by atoms with E-state index in [2.05, 4.69) is 0 Å². The summed E-state index contributed by atoms with van der Waals surface area (Å²) >= 11 is 0. The Morgan fingerprint density at radius 1 is 1.09 bits per heavy atom. The number of rotatable bonds is 6. The molecule has 1 heterocycles. The molecule has 1 aromatic rings. The van der Waals surface area contributed by atoms with Crippen LogP contribution in [0.4, 0.5) is 0 Å². The molecule has 7 nitrogen and oxygen atoms in total. The van der Waals surface area contributed by atoms with E-state index >= 15 is 0 Å². The number of ether oxygens (including phenoxy) is 2. The Bertz CT molecular complexity index is 465. The van der Waals surface area contributed by atoms with Gasteiger partial charge in [0.2, 0.25) is 0 Å². The van der Waals surface area contributed by atoms with E-state index in [1.807, 2.05) is 30.3 Å². The first-order chi connectivity index (χ1) is 10.9. The second-order valence-electron chi connectivity index (χ2n) is 5.80. The molecule has 7 atom stereocenters. The minimum atomic E-state index is -1.50. The number of aliphatic hydroxyl groups is 5. The highest BCUT2D eigenvalue weighted by molar-refractivity contribution is 5.15. The molecule has 0 radical (unpaired) electrons. The monoisotopic (exact) mass is 328 g/mol. The van der Waals surface area contributed by atoms with Crippen molar-refractivity contribution < 1.29 is 35.0 Å². The molecule has 0 unspecified atom stereocenters. The Morgan fingerprint density at radius 2 is 1.74 bits per heavy atom. The fourth-order valence-corrected chi connectivity index (χ4v) is 2.53. The van der Waals surface area contributed by atoms with E-state index in [1.54, 1.807) is 6.92 Å². The van der Waals surface area contributed by atoms with Gasteiger partial charge in [0, 0.05) is 6.42 Å². The Hall–Kier alpha value is -1.06. The summed E-state index contributed by atoms with van der Waals surface area (Å²) in [4.78, 5) is 0. The highest BCUT2D eigenvalue weighted by Crippen LogP contribution is 2.24. The smallest absolute Gasteiger partial charge is 0.187 e. The molecule has 1 saturated heterocycles. The molecule has 0 amide bonds. The lowest BCUT2D eigenvalue weighted by molar-refractivity contribution is -0.316. The van der Waals surface area contributed by atoms with Gasteiger partial charge in [-0.2, -0.15) is 0 Å². The minimum absolute atomic E-state index is 0.382. The first-order valence-electron chi connectivity index (χ1n) is 7.62. The molecule has 0 aliphatic carbocycles. The molecule has 1 aliphatic heterocycles. The van der Waals surface area contributed by atoms with Gasteiger partial charge in [-0.1, -0.05) is 30.3 Å². The normalized spacial score (nSPS) is 34.1. The van der Waals surface area contributed by atoms with Crippen LogP contribution in [0.3, 0.4) is 0 Å². The van der Waals surface area contributed by atoms with Crippen LogP contribution in [0.1, 0.15) is 12.5 Å². The lowest BCUT2D eigenvalue weighted by Crippen LogP contribution is -2.60. The van der Waals surface area contributed by atoms with E-state index in [-0.39, 0.29) is 0 Å². The third kappa shape index (κ3) is 4.48. The van der Waals surface area contributed by atoms with Gasteiger partial charge in [-0.3, -0.25) is 0 Å². The van der Waals surface area contributed by atoms with Gasteiger partial charge < -0.3 is 35.0 Å². The van der Waals surface area contributed by atoms with Gasteiger partial charge in [-0.05, 0) is 12.5 Å². The van der Waals surface area contributed by atoms with E-state index in [0.29, 0.717) is 6.42 Å². The molecule has 7 heteroatoms. The third-order valence-corrected chi connectivity index (χ3v) is 3.98. The molecule has 1 aromatic carbocycles. The van der Waals surface area contributed by atoms with E-state index < -0.39 is 49.5 Å². The molecule has 1 fully saturated rings. The van der Waals surface area contributed by atoms with E-state index in [0.717, 1.165) is 5.56 Å². The van der Waals surface area contributed by atoms with Crippen molar-refractivity contribution in [2.45, 2.75) is 56.3 Å². The standard InChI is InChI=1S/C16H24O7/c1-9(18)11(7-10-5-3-2-4-6-10)22-16-15(21)14(20)13(19)12(8-17)23-16/h2-6,9,11-21H,7-8H2,1H3/t9-,11-,12-,13-,14+,15-,16-/m1/s1. The van der Waals surface area contributed by atoms with Gasteiger partial charge in [0.1, 0.15) is 24.4 Å². The molecule has 23 heavy (non-hydrogen) atoms. The first-order valence-corrected chi connectivity index (χ1v) is 7.62. The fraction of sp³-hybridized carbons (Fsp3) is 0.625. The molecule has 5 N–H and O–H groups in total. The van der Waals surface area contributed by atoms with Crippen LogP contribution < -0.4 is 0 Å². The molecular formula is C16H24O7. The maximum absolute atomic E-state index is 9.99. The quantitative estimate of drug-likeness (QED) is 0.445. The van der Waals surface area contributed by atoms with Crippen molar-refractivity contribution in [2.24, 2.45) is 0 Å². The van der Waals surface area contributed by atoms with Gasteiger partial charge in [0.25, 0.3) is 0 Å². The maximum Gasteiger partial charge on any atom is 0.187 e. The predicted octanol–water partition coefficient (Wildman–Crippen LogP) is -1.21. The van der Waals surface area contributed by atoms with Crippen molar-refractivity contribution in [1.29, 1.82) is 0 Å². The van der Waals surface area contributed by atoms with Crippen molar-refractivity contribution in [1.82, 2.24) is 0 Å². The van der Waals surface area contributed by atoms with Crippen LogP contribution in [-0.2, 0) is 15.9 Å². The summed E-state index contributed by atoms with van der Waals surface area (Å²) < 4.78 is 10.9. The molecule has 0 aromatic heterocycles. The largest absolute Gasteiger partial charge is 0.394 e. The van der Waals surface area contributed by atoms with Gasteiger partial charge >= 0.3 is 0 Å². The van der Waals surface area contributed by atoms with Gasteiger partial charge in [-0.15, -0.1) is 0 Å². The Labute approximate surface area is 134 Å². The summed E-state index contributed by atoms with van der Waals surface area (Å²) in [6.07, 6.45) is -7.86. The summed E-state index contributed by atoms with van der Waals surface area (Å²) in [5.74, 6) is 0. The molecule has 2 rings (SSSR count). The first kappa shape index (κ1) is 18.3. The highest BCUT2D eigenvalue weighted by Gasteiger charge is 2.45. The molecule has 130 valence electrons. The Morgan fingerprint density at radius 3 is 2.30 bits per heavy atom. The number of hydrogen-bond acceptors (Lipinski definition) is 7. The predicted molar refractivity (Wildman–Crippen MR) is 80.5 cm³/mol. The molecule has 0 bridgehead atoms. The number of benzene rings is 1. The average molecular weight is 328 g/mol. The van der Waals surface area contributed by atoms with Crippen molar-refractivity contribution in [3.05, 3.63) is 35.9 Å². The van der Waals surface area contributed by atoms with Crippen molar-refractivity contribution in [3.63, 3.8) is 0 Å². The number of aliphatic hydroxyl groups excluding tert-OH is 5. The molecular weight excluding hydrogens is 304 g/mol. The summed E-state index contributed by atoms with van der Waals surface area (Å²) in [5, 5.41) is 48.6. The SMILES string of the molecule is C[C@@H](O)[C@@H](Cc1ccccc1)O[C@@H]1O[C@H](CO)[C@@H](O)[C@H](O)[C@H]1O. The van der Waals surface area contributed by atoms with Crippen LogP contribution >= 0.6 is 0 Å². The maximum atomic E-state index is 9.99. The minimum Gasteiger partial charge on any atom is -0.394 e. The van der Waals surface area contributed by atoms with E-state index in [4.69, 9.17) is 9.47 Å². The van der Waals surface area contributed by atoms with Crippen molar-refractivity contribution in [2.75, 3.05) is 6.61 Å². The third-order valence-electron chi connectivity index (χ3n) is 3.98. The summed E-state index contributed by atoms with van der Waals surface area (Å²) in [7, 11) is 0. The van der Waals surface area contributed by atoms with Crippen LogP contribution in [0.25, 0.3) is 0 Å². The van der Waals surface area contributed by atoms with Crippen LogP contribution in [0.5, 0.6) is 0 Å². The zero-order chi connectivity index (χ0) is 17.0. The van der Waals surface area contributed by atoms with Gasteiger partial charge in [-0.25, -0.2) is 0 Å². The summed E-state index contributed by atoms with van der Waals surface area (Å²) in [5.41, 5.74) is 0.933. The lowest BCUT2D eigenvalue weighted by atomic mass is 9.99. The zero-order valence-corrected chi connectivity index (χ0v) is 12.9. The summed E-state index contributed by atoms with van der Waals surface area (Å²) in [6.45, 7) is 1.03. The van der Waals surface area contributed by atoms with Crippen molar-refractivity contribution >= 4 is 0 Å². The highest BCUT2D eigenvalue weighted by atomic mass is 16.7. The average Bonchev–Trinajstić information content (AvgIpc) is 2.55. The Balaban J connectivity index is 2.06. The van der Waals surface area contributed by atoms with Crippen LogP contribution in [0.15, 0.2) is 30.3 Å². The zero-order valence-electron chi connectivity index (χ0n) is 12.9.